The van der Waals surface area contributed by atoms with E-state index < -0.39 is 0 Å². The number of aryl methyl sites for hydroxylation is 1. The van der Waals surface area contributed by atoms with Crippen molar-refractivity contribution in [3.63, 3.8) is 0 Å². The van der Waals surface area contributed by atoms with E-state index in [9.17, 15) is 4.79 Å². The molecule has 1 atom stereocenters. The number of carbonyl (C=O) groups excluding carboxylic acids is 1. The van der Waals surface area contributed by atoms with Gasteiger partial charge in [-0.15, -0.1) is 0 Å². The maximum atomic E-state index is 12.3. The second kappa shape index (κ2) is 6.79. The van der Waals surface area contributed by atoms with E-state index in [-0.39, 0.29) is 11.9 Å². The smallest absolute Gasteiger partial charge is 0.244 e. The first-order valence-electron chi connectivity index (χ1n) is 7.28. The monoisotopic (exact) mass is 307 g/mol. The molecule has 3 aromatic rings. The molecule has 2 aromatic heterocycles. The molecule has 0 radical (unpaired) electrons. The van der Waals surface area contributed by atoms with Crippen LogP contribution in [0.5, 0.6) is 0 Å². The SMILES string of the molecule is Cn1ccnc1[C@@H](NC(=O)/C=C\c1ccco1)c1ccccc1. The van der Waals surface area contributed by atoms with Gasteiger partial charge in [0.2, 0.25) is 5.91 Å². The van der Waals surface area contributed by atoms with Gasteiger partial charge in [-0.25, -0.2) is 4.98 Å². The number of furan rings is 1. The van der Waals surface area contributed by atoms with Gasteiger partial charge in [0.25, 0.3) is 0 Å². The van der Waals surface area contributed by atoms with Crippen LogP contribution in [0.3, 0.4) is 0 Å². The van der Waals surface area contributed by atoms with Crippen molar-refractivity contribution < 1.29 is 9.21 Å². The predicted molar refractivity (Wildman–Crippen MR) is 87.4 cm³/mol. The molecule has 0 unspecified atom stereocenters. The van der Waals surface area contributed by atoms with Crippen LogP contribution >= 0.6 is 0 Å². The lowest BCUT2D eigenvalue weighted by Gasteiger charge is -2.18. The summed E-state index contributed by atoms with van der Waals surface area (Å²) in [5, 5.41) is 2.99. The van der Waals surface area contributed by atoms with Crippen LogP contribution in [0.1, 0.15) is 23.2 Å². The zero-order valence-electron chi connectivity index (χ0n) is 12.7. The second-order valence-electron chi connectivity index (χ2n) is 5.10. The first kappa shape index (κ1) is 14.8. The van der Waals surface area contributed by atoms with Crippen LogP contribution in [0.15, 0.2) is 71.6 Å². The Balaban J connectivity index is 1.82. The molecular weight excluding hydrogens is 290 g/mol. The van der Waals surface area contributed by atoms with E-state index >= 15 is 0 Å². The van der Waals surface area contributed by atoms with Crippen LogP contribution < -0.4 is 5.32 Å². The van der Waals surface area contributed by atoms with Crippen LogP contribution in [0.4, 0.5) is 0 Å². The summed E-state index contributed by atoms with van der Waals surface area (Å²) in [6.07, 6.45) is 8.23. The minimum atomic E-state index is -0.315. The minimum absolute atomic E-state index is 0.210. The number of nitrogens with zero attached hydrogens (tertiary/aromatic N) is 2. The predicted octanol–water partition coefficient (Wildman–Crippen LogP) is 2.93. The third-order valence-corrected chi connectivity index (χ3v) is 3.48. The molecule has 0 spiro atoms. The summed E-state index contributed by atoms with van der Waals surface area (Å²) in [4.78, 5) is 16.6. The van der Waals surface area contributed by atoms with E-state index in [1.807, 2.05) is 48.1 Å². The average Bonchev–Trinajstić information content (AvgIpc) is 3.23. The number of hydrogen-bond donors (Lipinski definition) is 1. The molecular formula is C18H17N3O2. The summed E-state index contributed by atoms with van der Waals surface area (Å²) in [6.45, 7) is 0. The van der Waals surface area contributed by atoms with Crippen LogP contribution in [0.2, 0.25) is 0 Å². The summed E-state index contributed by atoms with van der Waals surface area (Å²) in [5.41, 5.74) is 0.974. The van der Waals surface area contributed by atoms with Crippen LogP contribution in [-0.2, 0) is 11.8 Å². The molecule has 0 saturated carbocycles. The normalized spacial score (nSPS) is 12.4. The molecule has 23 heavy (non-hydrogen) atoms. The van der Waals surface area contributed by atoms with Gasteiger partial charge in [-0.3, -0.25) is 4.79 Å². The van der Waals surface area contributed by atoms with E-state index in [0.29, 0.717) is 5.76 Å². The molecule has 1 amide bonds. The van der Waals surface area contributed by atoms with Gasteiger partial charge in [0.15, 0.2) is 0 Å². The lowest BCUT2D eigenvalue weighted by atomic mass is 10.1. The average molecular weight is 307 g/mol. The molecule has 0 saturated heterocycles. The van der Waals surface area contributed by atoms with E-state index in [4.69, 9.17) is 4.42 Å². The number of aromatic nitrogens is 2. The molecule has 0 aliphatic carbocycles. The van der Waals surface area contributed by atoms with Gasteiger partial charge >= 0.3 is 0 Å². The van der Waals surface area contributed by atoms with Crippen LogP contribution in [0.25, 0.3) is 6.08 Å². The summed E-state index contributed by atoms with van der Waals surface area (Å²) < 4.78 is 7.08. The topological polar surface area (TPSA) is 60.1 Å². The Morgan fingerprint density at radius 2 is 2.09 bits per heavy atom. The van der Waals surface area contributed by atoms with Crippen molar-refractivity contribution in [3.05, 3.63) is 84.3 Å². The Hall–Kier alpha value is -3.08. The Labute approximate surface area is 134 Å². The molecule has 1 aromatic carbocycles. The zero-order valence-corrected chi connectivity index (χ0v) is 12.7. The fourth-order valence-electron chi connectivity index (χ4n) is 2.33. The highest BCUT2D eigenvalue weighted by atomic mass is 16.3. The maximum Gasteiger partial charge on any atom is 0.244 e. The summed E-state index contributed by atoms with van der Waals surface area (Å²) in [7, 11) is 1.91. The van der Waals surface area contributed by atoms with Crippen molar-refractivity contribution in [1.82, 2.24) is 14.9 Å². The lowest BCUT2D eigenvalue weighted by Crippen LogP contribution is -2.29. The highest BCUT2D eigenvalue weighted by Gasteiger charge is 2.19. The number of imidazole rings is 1. The number of amides is 1. The molecule has 3 rings (SSSR count). The maximum absolute atomic E-state index is 12.3. The Morgan fingerprint density at radius 1 is 1.26 bits per heavy atom. The molecule has 1 N–H and O–H groups in total. The summed E-state index contributed by atoms with van der Waals surface area (Å²) >= 11 is 0. The van der Waals surface area contributed by atoms with Gasteiger partial charge in [-0.1, -0.05) is 30.3 Å². The van der Waals surface area contributed by atoms with E-state index in [2.05, 4.69) is 10.3 Å². The van der Waals surface area contributed by atoms with Crippen molar-refractivity contribution in [2.75, 3.05) is 0 Å². The van der Waals surface area contributed by atoms with Gasteiger partial charge in [-0.2, -0.15) is 0 Å². The third-order valence-electron chi connectivity index (χ3n) is 3.48. The first-order chi connectivity index (χ1) is 11.2. The van der Waals surface area contributed by atoms with Gasteiger partial charge in [-0.05, 0) is 23.8 Å². The van der Waals surface area contributed by atoms with Crippen LogP contribution in [-0.4, -0.2) is 15.5 Å². The minimum Gasteiger partial charge on any atom is -0.465 e. The molecule has 116 valence electrons. The molecule has 0 fully saturated rings. The highest BCUT2D eigenvalue weighted by molar-refractivity contribution is 5.91. The Morgan fingerprint density at radius 3 is 2.74 bits per heavy atom. The fourth-order valence-corrected chi connectivity index (χ4v) is 2.33. The number of nitrogens with one attached hydrogen (secondary N) is 1. The van der Waals surface area contributed by atoms with Crippen molar-refractivity contribution in [2.24, 2.45) is 7.05 Å². The standard InChI is InChI=1S/C18H17N3O2/c1-21-12-11-19-18(21)17(14-6-3-2-4-7-14)20-16(22)10-9-15-8-5-13-23-15/h2-13,17H,1H3,(H,20,22)/b10-9-/t17-/m0/s1. The zero-order chi connectivity index (χ0) is 16.1. The van der Waals surface area contributed by atoms with E-state index in [1.54, 1.807) is 30.7 Å². The number of hydrogen-bond acceptors (Lipinski definition) is 3. The number of rotatable bonds is 5. The summed E-state index contributed by atoms with van der Waals surface area (Å²) in [6, 6.07) is 13.0. The number of benzene rings is 1. The molecule has 5 nitrogen and oxygen atoms in total. The Kier molecular flexibility index (Phi) is 4.38. The van der Waals surface area contributed by atoms with Crippen molar-refractivity contribution >= 4 is 12.0 Å². The lowest BCUT2D eigenvalue weighted by molar-refractivity contribution is -0.117. The Bertz CT molecular complexity index is 789. The van der Waals surface area contributed by atoms with Crippen LogP contribution in [0, 0.1) is 0 Å². The van der Waals surface area contributed by atoms with E-state index in [0.717, 1.165) is 11.4 Å². The number of carbonyl (C=O) groups is 1. The van der Waals surface area contributed by atoms with E-state index in [1.165, 1.54) is 6.08 Å². The van der Waals surface area contributed by atoms with Gasteiger partial charge in [0.1, 0.15) is 17.6 Å². The molecule has 0 bridgehead atoms. The second-order valence-corrected chi connectivity index (χ2v) is 5.10. The largest absolute Gasteiger partial charge is 0.465 e. The highest BCUT2D eigenvalue weighted by Crippen LogP contribution is 2.20. The van der Waals surface area contributed by atoms with Gasteiger partial charge in [0, 0.05) is 25.5 Å². The quantitative estimate of drug-likeness (QED) is 0.737. The van der Waals surface area contributed by atoms with Gasteiger partial charge in [0.05, 0.1) is 6.26 Å². The molecule has 5 heteroatoms. The molecule has 2 heterocycles. The molecule has 0 aliphatic heterocycles. The van der Waals surface area contributed by atoms with Crippen molar-refractivity contribution in [2.45, 2.75) is 6.04 Å². The van der Waals surface area contributed by atoms with Crippen molar-refractivity contribution in [1.29, 1.82) is 0 Å². The third kappa shape index (κ3) is 3.58. The fraction of sp³-hybridized carbons (Fsp3) is 0.111. The molecule has 0 aliphatic rings. The summed E-state index contributed by atoms with van der Waals surface area (Å²) in [5.74, 6) is 1.20. The first-order valence-corrected chi connectivity index (χ1v) is 7.28. The van der Waals surface area contributed by atoms with Crippen molar-refractivity contribution in [3.8, 4) is 0 Å². The van der Waals surface area contributed by atoms with Gasteiger partial charge < -0.3 is 14.3 Å².